The van der Waals surface area contributed by atoms with E-state index in [0.717, 1.165) is 18.8 Å². The molecule has 0 fully saturated rings. The van der Waals surface area contributed by atoms with Crippen molar-refractivity contribution in [1.29, 1.82) is 5.26 Å². The lowest BCUT2D eigenvalue weighted by atomic mass is 10.2. The Bertz CT molecular complexity index is 627. The number of rotatable bonds is 7. The van der Waals surface area contributed by atoms with Crippen molar-refractivity contribution in [3.05, 3.63) is 47.8 Å². The Balaban J connectivity index is 1.80. The van der Waals surface area contributed by atoms with Crippen molar-refractivity contribution in [3.8, 4) is 11.8 Å². The van der Waals surface area contributed by atoms with E-state index in [1.807, 2.05) is 48.3 Å². The summed E-state index contributed by atoms with van der Waals surface area (Å²) in [5.74, 6) is 0.720. The Hall–Kier alpha value is -2.32. The molecule has 1 aromatic carbocycles. The summed E-state index contributed by atoms with van der Waals surface area (Å²) in [7, 11) is 0. The molecule has 116 valence electrons. The van der Waals surface area contributed by atoms with Crippen LogP contribution >= 0.6 is 0 Å². The second kappa shape index (κ2) is 7.62. The first-order valence-electron chi connectivity index (χ1n) is 7.44. The molecule has 2 rings (SSSR count). The molecule has 0 aliphatic carbocycles. The normalized spacial score (nSPS) is 13.4. The fraction of sp³-hybridized carbons (Fsp3) is 0.412. The first kappa shape index (κ1) is 16.1. The van der Waals surface area contributed by atoms with Crippen molar-refractivity contribution in [2.75, 3.05) is 0 Å². The molecule has 0 aliphatic rings. The molecular weight excluding hydrogens is 276 g/mol. The van der Waals surface area contributed by atoms with Gasteiger partial charge in [0, 0.05) is 18.8 Å². The third kappa shape index (κ3) is 4.90. The molecule has 1 N–H and O–H groups in total. The highest BCUT2D eigenvalue weighted by Gasteiger charge is 2.05. The van der Waals surface area contributed by atoms with Crippen LogP contribution in [0, 0.1) is 18.3 Å². The van der Waals surface area contributed by atoms with Crippen molar-refractivity contribution in [3.63, 3.8) is 0 Å². The lowest BCUT2D eigenvalue weighted by Gasteiger charge is -2.14. The van der Waals surface area contributed by atoms with Crippen molar-refractivity contribution in [2.24, 2.45) is 0 Å². The van der Waals surface area contributed by atoms with Crippen LogP contribution < -0.4 is 10.1 Å². The van der Waals surface area contributed by atoms with E-state index < -0.39 is 6.10 Å². The lowest BCUT2D eigenvalue weighted by molar-refractivity contribution is 0.276. The summed E-state index contributed by atoms with van der Waals surface area (Å²) in [6.45, 7) is 7.54. The van der Waals surface area contributed by atoms with Crippen LogP contribution in [0.4, 0.5) is 0 Å². The molecule has 2 unspecified atom stereocenters. The summed E-state index contributed by atoms with van der Waals surface area (Å²) in [5.41, 5.74) is 2.36. The molecule has 0 radical (unpaired) electrons. The minimum absolute atomic E-state index is 0.328. The van der Waals surface area contributed by atoms with Gasteiger partial charge in [0.25, 0.3) is 0 Å². The highest BCUT2D eigenvalue weighted by atomic mass is 16.5. The van der Waals surface area contributed by atoms with Crippen molar-refractivity contribution in [1.82, 2.24) is 15.1 Å². The van der Waals surface area contributed by atoms with Gasteiger partial charge >= 0.3 is 0 Å². The van der Waals surface area contributed by atoms with Crippen LogP contribution in [-0.4, -0.2) is 21.9 Å². The molecule has 2 atom stereocenters. The van der Waals surface area contributed by atoms with Gasteiger partial charge in [-0.2, -0.15) is 10.4 Å². The summed E-state index contributed by atoms with van der Waals surface area (Å²) in [6.07, 6.45) is 3.48. The average Bonchev–Trinajstić information content (AvgIpc) is 2.91. The van der Waals surface area contributed by atoms with Crippen LogP contribution in [0.15, 0.2) is 36.7 Å². The van der Waals surface area contributed by atoms with Crippen LogP contribution in [0.25, 0.3) is 0 Å². The van der Waals surface area contributed by atoms with Gasteiger partial charge in [-0.1, -0.05) is 12.1 Å². The molecule has 0 amide bonds. The topological polar surface area (TPSA) is 62.9 Å². The predicted molar refractivity (Wildman–Crippen MR) is 85.4 cm³/mol. The van der Waals surface area contributed by atoms with E-state index in [9.17, 15) is 0 Å². The van der Waals surface area contributed by atoms with Gasteiger partial charge in [-0.25, -0.2) is 0 Å². The Morgan fingerprint density at radius 1 is 1.32 bits per heavy atom. The predicted octanol–water partition coefficient (Wildman–Crippen LogP) is 2.66. The Kier molecular flexibility index (Phi) is 5.56. The second-order valence-corrected chi connectivity index (χ2v) is 5.55. The molecule has 22 heavy (non-hydrogen) atoms. The highest BCUT2D eigenvalue weighted by Crippen LogP contribution is 2.13. The Labute approximate surface area is 131 Å². The van der Waals surface area contributed by atoms with Crippen LogP contribution in [-0.2, 0) is 13.1 Å². The molecule has 0 spiro atoms. The van der Waals surface area contributed by atoms with Gasteiger partial charge in [0.1, 0.15) is 11.8 Å². The van der Waals surface area contributed by atoms with Crippen LogP contribution in [0.2, 0.25) is 0 Å². The maximum absolute atomic E-state index is 8.73. The Morgan fingerprint density at radius 3 is 2.64 bits per heavy atom. The number of benzene rings is 1. The van der Waals surface area contributed by atoms with Gasteiger partial charge in [-0.15, -0.1) is 0 Å². The maximum Gasteiger partial charge on any atom is 0.181 e. The fourth-order valence-electron chi connectivity index (χ4n) is 2.12. The zero-order chi connectivity index (χ0) is 15.9. The van der Waals surface area contributed by atoms with Gasteiger partial charge in [-0.3, -0.25) is 4.68 Å². The second-order valence-electron chi connectivity index (χ2n) is 5.55. The summed E-state index contributed by atoms with van der Waals surface area (Å²) in [5, 5.41) is 16.5. The molecule has 0 bridgehead atoms. The molecule has 0 saturated carbocycles. The van der Waals surface area contributed by atoms with Crippen LogP contribution in [0.3, 0.4) is 0 Å². The van der Waals surface area contributed by atoms with E-state index in [1.165, 1.54) is 11.1 Å². The average molecular weight is 298 g/mol. The van der Waals surface area contributed by atoms with Crippen molar-refractivity contribution in [2.45, 2.75) is 46.0 Å². The largest absolute Gasteiger partial charge is 0.476 e. The molecule has 1 heterocycles. The molecular formula is C17H22N4O. The zero-order valence-corrected chi connectivity index (χ0v) is 13.3. The van der Waals surface area contributed by atoms with Gasteiger partial charge in [-0.05, 0) is 44.0 Å². The number of ether oxygens (including phenoxy) is 1. The monoisotopic (exact) mass is 298 g/mol. The van der Waals surface area contributed by atoms with E-state index in [0.29, 0.717) is 6.04 Å². The number of nitrogens with zero attached hydrogens (tertiary/aromatic N) is 3. The Morgan fingerprint density at radius 2 is 2.05 bits per heavy atom. The van der Waals surface area contributed by atoms with E-state index in [4.69, 9.17) is 10.00 Å². The number of aryl methyl sites for hydroxylation is 1. The minimum Gasteiger partial charge on any atom is -0.476 e. The van der Waals surface area contributed by atoms with E-state index in [1.54, 1.807) is 6.92 Å². The van der Waals surface area contributed by atoms with Crippen molar-refractivity contribution >= 4 is 0 Å². The number of hydrogen-bond acceptors (Lipinski definition) is 4. The minimum atomic E-state index is -0.429. The third-order valence-electron chi connectivity index (χ3n) is 3.30. The van der Waals surface area contributed by atoms with E-state index >= 15 is 0 Å². The molecule has 1 aromatic heterocycles. The van der Waals surface area contributed by atoms with Gasteiger partial charge in [0.2, 0.25) is 0 Å². The van der Waals surface area contributed by atoms with Crippen molar-refractivity contribution < 1.29 is 4.74 Å². The van der Waals surface area contributed by atoms with E-state index in [-0.39, 0.29) is 0 Å². The lowest BCUT2D eigenvalue weighted by Crippen LogP contribution is -2.30. The van der Waals surface area contributed by atoms with Crippen LogP contribution in [0.1, 0.15) is 25.0 Å². The number of nitriles is 1. The fourth-order valence-corrected chi connectivity index (χ4v) is 2.12. The summed E-state index contributed by atoms with van der Waals surface area (Å²) in [4.78, 5) is 0. The van der Waals surface area contributed by atoms with Gasteiger partial charge in [0.15, 0.2) is 6.10 Å². The summed E-state index contributed by atoms with van der Waals surface area (Å²) < 4.78 is 7.38. The standard InChI is InChI=1S/C17H22N4O/c1-13-9-20-21(11-13)12-14(2)19-10-16-4-6-17(7-5-16)22-15(3)8-18/h4-7,9,11,14-15,19H,10,12H2,1-3H3. The SMILES string of the molecule is Cc1cnn(CC(C)NCc2ccc(OC(C)C#N)cc2)c1. The molecule has 0 aliphatic heterocycles. The van der Waals surface area contributed by atoms with E-state index in [2.05, 4.69) is 23.4 Å². The maximum atomic E-state index is 8.73. The number of aromatic nitrogens is 2. The third-order valence-corrected chi connectivity index (χ3v) is 3.30. The quantitative estimate of drug-likeness (QED) is 0.853. The first-order chi connectivity index (χ1) is 10.6. The highest BCUT2D eigenvalue weighted by molar-refractivity contribution is 5.27. The smallest absolute Gasteiger partial charge is 0.181 e. The number of hydrogen-bond donors (Lipinski definition) is 1. The molecule has 5 nitrogen and oxygen atoms in total. The van der Waals surface area contributed by atoms with Crippen LogP contribution in [0.5, 0.6) is 5.75 Å². The molecule has 0 saturated heterocycles. The van der Waals surface area contributed by atoms with Gasteiger partial charge in [0.05, 0.1) is 12.7 Å². The number of nitrogens with one attached hydrogen (secondary N) is 1. The molecule has 2 aromatic rings. The summed E-state index contributed by atoms with van der Waals surface area (Å²) >= 11 is 0. The molecule has 5 heteroatoms. The van der Waals surface area contributed by atoms with Gasteiger partial charge < -0.3 is 10.1 Å². The zero-order valence-electron chi connectivity index (χ0n) is 13.3. The summed E-state index contributed by atoms with van der Waals surface area (Å²) in [6, 6.07) is 10.2. The first-order valence-corrected chi connectivity index (χ1v) is 7.44.